The van der Waals surface area contributed by atoms with Crippen LogP contribution in [0.5, 0.6) is 5.75 Å². The van der Waals surface area contributed by atoms with Crippen molar-refractivity contribution in [3.8, 4) is 5.75 Å². The first-order chi connectivity index (χ1) is 14.1. The predicted molar refractivity (Wildman–Crippen MR) is 112 cm³/mol. The van der Waals surface area contributed by atoms with Crippen molar-refractivity contribution in [2.24, 2.45) is 0 Å². The molecule has 0 spiro atoms. The van der Waals surface area contributed by atoms with Gasteiger partial charge in [-0.3, -0.25) is 0 Å². The van der Waals surface area contributed by atoms with Gasteiger partial charge in [0.25, 0.3) is 0 Å². The Balaban J connectivity index is 1.89. The number of ether oxygens (including phenoxy) is 2. The molecular formula is C22H20N4O3. The van der Waals surface area contributed by atoms with Gasteiger partial charge in [-0.1, -0.05) is 36.9 Å². The molecule has 0 atom stereocenters. The molecule has 2 heterocycles. The number of nitrogens with two attached hydrogens (primary N) is 1. The van der Waals surface area contributed by atoms with Crippen LogP contribution >= 0.6 is 0 Å². The predicted octanol–water partition coefficient (Wildman–Crippen LogP) is 3.57. The number of rotatable bonds is 6. The lowest BCUT2D eigenvalue weighted by Crippen LogP contribution is -2.10. The number of nitrogens with zero attached hydrogens (tertiary/aromatic N) is 3. The fourth-order valence-corrected chi connectivity index (χ4v) is 3.20. The van der Waals surface area contributed by atoms with E-state index in [1.807, 2.05) is 48.5 Å². The Morgan fingerprint density at radius 2 is 1.83 bits per heavy atom. The van der Waals surface area contributed by atoms with Gasteiger partial charge >= 0.3 is 5.97 Å². The highest BCUT2D eigenvalue weighted by molar-refractivity contribution is 6.08. The lowest BCUT2D eigenvalue weighted by Gasteiger charge is -2.09. The molecule has 0 aliphatic heterocycles. The Kier molecular flexibility index (Phi) is 4.87. The molecule has 0 saturated carbocycles. The van der Waals surface area contributed by atoms with Crippen molar-refractivity contribution in [2.75, 3.05) is 19.5 Å². The van der Waals surface area contributed by atoms with Gasteiger partial charge in [0.15, 0.2) is 5.65 Å². The van der Waals surface area contributed by atoms with Crippen molar-refractivity contribution in [1.82, 2.24) is 14.5 Å². The van der Waals surface area contributed by atoms with E-state index in [1.165, 1.54) is 6.08 Å². The molecule has 0 unspecified atom stereocenters. The van der Waals surface area contributed by atoms with E-state index in [0.29, 0.717) is 23.2 Å². The number of hydrogen-bond donors (Lipinski definition) is 1. The number of carbonyl (C=O) groups is 1. The highest BCUT2D eigenvalue weighted by Gasteiger charge is 2.25. The van der Waals surface area contributed by atoms with Crippen LogP contribution in [0.2, 0.25) is 0 Å². The Labute approximate surface area is 167 Å². The molecule has 0 aliphatic rings. The summed E-state index contributed by atoms with van der Waals surface area (Å²) in [6.45, 7) is 4.09. The summed E-state index contributed by atoms with van der Waals surface area (Å²) < 4.78 is 12.2. The number of anilines is 1. The number of nitrogen functional groups attached to an aromatic ring is 1. The molecule has 4 aromatic rings. The zero-order chi connectivity index (χ0) is 20.4. The summed E-state index contributed by atoms with van der Waals surface area (Å²) in [5.41, 5.74) is 9.94. The fraction of sp³-hybridized carbons (Fsp3) is 0.136. The molecule has 2 N–H and O–H groups in total. The molecule has 4 rings (SSSR count). The Morgan fingerprint density at radius 1 is 1.14 bits per heavy atom. The van der Waals surface area contributed by atoms with E-state index >= 15 is 0 Å². The van der Waals surface area contributed by atoms with Crippen molar-refractivity contribution in [1.29, 1.82) is 0 Å². The van der Waals surface area contributed by atoms with Gasteiger partial charge in [0.2, 0.25) is 0 Å². The van der Waals surface area contributed by atoms with Crippen LogP contribution < -0.4 is 10.5 Å². The second-order valence-corrected chi connectivity index (χ2v) is 6.47. The standard InChI is InChI=1S/C22H20N4O3/c1-3-12-29-22(27)18-19-21(25-17-7-5-4-6-16(17)24-19)26(20(18)23)13-14-8-10-15(28-2)11-9-14/h3-11H,1,12-13,23H2,2H3. The maximum absolute atomic E-state index is 12.7. The zero-order valence-corrected chi connectivity index (χ0v) is 16.0. The number of aromatic nitrogens is 3. The highest BCUT2D eigenvalue weighted by Crippen LogP contribution is 2.29. The largest absolute Gasteiger partial charge is 0.497 e. The van der Waals surface area contributed by atoms with Crippen LogP contribution in [0.25, 0.3) is 22.2 Å². The Hall–Kier alpha value is -3.87. The average molecular weight is 388 g/mol. The lowest BCUT2D eigenvalue weighted by molar-refractivity contribution is 0.0553. The number of benzene rings is 2. The first-order valence-corrected chi connectivity index (χ1v) is 9.07. The molecular weight excluding hydrogens is 368 g/mol. The molecule has 0 amide bonds. The second-order valence-electron chi connectivity index (χ2n) is 6.47. The number of para-hydroxylation sites is 2. The zero-order valence-electron chi connectivity index (χ0n) is 16.0. The van der Waals surface area contributed by atoms with Gasteiger partial charge in [-0.15, -0.1) is 0 Å². The van der Waals surface area contributed by atoms with Crippen molar-refractivity contribution >= 4 is 34.0 Å². The normalized spacial score (nSPS) is 10.9. The number of carbonyl (C=O) groups excluding carboxylic acids is 1. The van der Waals surface area contributed by atoms with Gasteiger partial charge in [-0.2, -0.15) is 0 Å². The molecule has 2 aromatic carbocycles. The van der Waals surface area contributed by atoms with Gasteiger partial charge in [0.1, 0.15) is 29.3 Å². The van der Waals surface area contributed by atoms with E-state index in [9.17, 15) is 4.79 Å². The third kappa shape index (κ3) is 3.38. The van der Waals surface area contributed by atoms with Crippen LogP contribution in [0.3, 0.4) is 0 Å². The van der Waals surface area contributed by atoms with Crippen LogP contribution in [-0.2, 0) is 11.3 Å². The minimum Gasteiger partial charge on any atom is -0.497 e. The van der Waals surface area contributed by atoms with Gasteiger partial charge < -0.3 is 19.8 Å². The Bertz CT molecular complexity index is 1210. The van der Waals surface area contributed by atoms with Gasteiger partial charge in [0.05, 0.1) is 24.7 Å². The number of hydrogen-bond acceptors (Lipinski definition) is 6. The lowest BCUT2D eigenvalue weighted by atomic mass is 10.2. The van der Waals surface area contributed by atoms with E-state index in [-0.39, 0.29) is 18.0 Å². The minimum absolute atomic E-state index is 0.0877. The molecule has 0 fully saturated rings. The second kappa shape index (κ2) is 7.63. The van der Waals surface area contributed by atoms with E-state index in [0.717, 1.165) is 16.8 Å². The fourth-order valence-electron chi connectivity index (χ4n) is 3.20. The third-order valence-corrected chi connectivity index (χ3v) is 4.63. The topological polar surface area (TPSA) is 92.3 Å². The summed E-state index contributed by atoms with van der Waals surface area (Å²) >= 11 is 0. The molecule has 0 bridgehead atoms. The van der Waals surface area contributed by atoms with E-state index < -0.39 is 5.97 Å². The van der Waals surface area contributed by atoms with Crippen LogP contribution in [0.1, 0.15) is 15.9 Å². The molecule has 29 heavy (non-hydrogen) atoms. The van der Waals surface area contributed by atoms with E-state index in [2.05, 4.69) is 11.6 Å². The monoisotopic (exact) mass is 388 g/mol. The van der Waals surface area contributed by atoms with Crippen LogP contribution in [-0.4, -0.2) is 34.2 Å². The quantitative estimate of drug-likeness (QED) is 0.401. The summed E-state index contributed by atoms with van der Waals surface area (Å²) in [7, 11) is 1.62. The molecule has 7 heteroatoms. The summed E-state index contributed by atoms with van der Waals surface area (Å²) in [5.74, 6) is 0.476. The van der Waals surface area contributed by atoms with Crippen LogP contribution in [0.4, 0.5) is 5.82 Å². The molecule has 0 radical (unpaired) electrons. The minimum atomic E-state index is -0.550. The van der Waals surface area contributed by atoms with E-state index in [1.54, 1.807) is 11.7 Å². The molecule has 2 aromatic heterocycles. The first kappa shape index (κ1) is 18.5. The van der Waals surface area contributed by atoms with Gasteiger partial charge in [-0.25, -0.2) is 14.8 Å². The number of fused-ring (bicyclic) bond motifs is 2. The summed E-state index contributed by atoms with van der Waals surface area (Å²) in [6.07, 6.45) is 1.51. The van der Waals surface area contributed by atoms with Crippen molar-refractivity contribution in [3.63, 3.8) is 0 Å². The SMILES string of the molecule is C=CCOC(=O)c1c(N)n(Cc2ccc(OC)cc2)c2nc3ccccc3nc12. The summed E-state index contributed by atoms with van der Waals surface area (Å²) in [6, 6.07) is 15.1. The Morgan fingerprint density at radius 3 is 2.48 bits per heavy atom. The maximum atomic E-state index is 12.7. The molecule has 0 saturated heterocycles. The smallest absolute Gasteiger partial charge is 0.344 e. The van der Waals surface area contributed by atoms with E-state index in [4.69, 9.17) is 20.2 Å². The van der Waals surface area contributed by atoms with Gasteiger partial charge in [0, 0.05) is 0 Å². The van der Waals surface area contributed by atoms with Gasteiger partial charge in [-0.05, 0) is 29.8 Å². The first-order valence-electron chi connectivity index (χ1n) is 9.07. The number of esters is 1. The molecule has 0 aliphatic carbocycles. The molecule has 7 nitrogen and oxygen atoms in total. The maximum Gasteiger partial charge on any atom is 0.344 e. The van der Waals surface area contributed by atoms with Crippen molar-refractivity contribution in [2.45, 2.75) is 6.54 Å². The summed E-state index contributed by atoms with van der Waals surface area (Å²) in [5, 5.41) is 0. The highest BCUT2D eigenvalue weighted by atomic mass is 16.5. The van der Waals surface area contributed by atoms with Crippen molar-refractivity contribution in [3.05, 3.63) is 72.3 Å². The average Bonchev–Trinajstić information content (AvgIpc) is 3.01. The molecule has 146 valence electrons. The van der Waals surface area contributed by atoms with Crippen molar-refractivity contribution < 1.29 is 14.3 Å². The number of methoxy groups -OCH3 is 1. The van der Waals surface area contributed by atoms with Crippen LogP contribution in [0, 0.1) is 0 Å². The third-order valence-electron chi connectivity index (χ3n) is 4.63. The summed E-state index contributed by atoms with van der Waals surface area (Å²) in [4.78, 5) is 22.0. The van der Waals surface area contributed by atoms with Crippen LogP contribution in [0.15, 0.2) is 61.2 Å².